The Morgan fingerprint density at radius 1 is 0.973 bits per heavy atom. The molecule has 5 rings (SSSR count). The highest BCUT2D eigenvalue weighted by Crippen LogP contribution is 2.32. The van der Waals surface area contributed by atoms with Crippen LogP contribution in [0, 0.1) is 5.82 Å². The molecule has 1 atom stereocenters. The Balaban J connectivity index is 1.50. The van der Waals surface area contributed by atoms with Crippen LogP contribution in [0.15, 0.2) is 103 Å². The Bertz CT molecular complexity index is 1550. The number of amides is 1. The van der Waals surface area contributed by atoms with Crippen molar-refractivity contribution in [2.75, 3.05) is 12.4 Å². The van der Waals surface area contributed by atoms with Gasteiger partial charge in [0.05, 0.1) is 18.5 Å². The molecular formula is C31H24ClFN2O2. The molecule has 0 aliphatic carbocycles. The first-order valence-electron chi connectivity index (χ1n) is 11.8. The molecule has 0 bridgehead atoms. The number of hydrogen-bond acceptors (Lipinski definition) is 3. The second-order valence-electron chi connectivity index (χ2n) is 8.71. The van der Waals surface area contributed by atoms with E-state index in [-0.39, 0.29) is 11.7 Å². The Kier molecular flexibility index (Phi) is 7.15. The third-order valence-electron chi connectivity index (χ3n) is 6.37. The molecule has 0 spiro atoms. The minimum absolute atomic E-state index is 0.141. The van der Waals surface area contributed by atoms with Crippen LogP contribution < -0.4 is 10.1 Å². The maximum Gasteiger partial charge on any atom is 0.232 e. The van der Waals surface area contributed by atoms with Gasteiger partial charge in [0, 0.05) is 22.3 Å². The summed E-state index contributed by atoms with van der Waals surface area (Å²) in [4.78, 5) is 17.9. The number of nitrogens with one attached hydrogen (secondary N) is 1. The van der Waals surface area contributed by atoms with E-state index < -0.39 is 5.92 Å². The van der Waals surface area contributed by atoms with Gasteiger partial charge in [-0.25, -0.2) is 4.39 Å². The Morgan fingerprint density at radius 3 is 2.49 bits per heavy atom. The Labute approximate surface area is 219 Å². The summed E-state index contributed by atoms with van der Waals surface area (Å²) in [5, 5.41) is 4.35. The average Bonchev–Trinajstić information content (AvgIpc) is 2.93. The number of pyridine rings is 1. The molecule has 0 saturated carbocycles. The fourth-order valence-corrected chi connectivity index (χ4v) is 4.61. The quantitative estimate of drug-likeness (QED) is 0.244. The number of hydrogen-bond donors (Lipinski definition) is 1. The van der Waals surface area contributed by atoms with Gasteiger partial charge in [-0.15, -0.1) is 0 Å². The molecule has 184 valence electrons. The first kappa shape index (κ1) is 24.5. The number of fused-ring (bicyclic) bond motifs is 1. The molecule has 0 radical (unpaired) electrons. The summed E-state index contributed by atoms with van der Waals surface area (Å²) in [5.74, 6) is -0.201. The Hall–Kier alpha value is -4.22. The summed E-state index contributed by atoms with van der Waals surface area (Å²) < 4.78 is 19.5. The molecule has 1 aromatic heterocycles. The van der Waals surface area contributed by atoms with Crippen LogP contribution in [-0.2, 0) is 11.2 Å². The van der Waals surface area contributed by atoms with Crippen LogP contribution in [0.25, 0.3) is 22.0 Å². The van der Waals surface area contributed by atoms with Crippen LogP contribution in [0.4, 0.5) is 10.1 Å². The summed E-state index contributed by atoms with van der Waals surface area (Å²) in [7, 11) is 1.62. The minimum Gasteiger partial charge on any atom is -0.496 e. The number of aromatic nitrogens is 1. The van der Waals surface area contributed by atoms with Gasteiger partial charge in [0.25, 0.3) is 0 Å². The van der Waals surface area contributed by atoms with E-state index in [1.807, 2.05) is 54.6 Å². The van der Waals surface area contributed by atoms with E-state index in [9.17, 15) is 9.18 Å². The van der Waals surface area contributed by atoms with Crippen LogP contribution >= 0.6 is 11.6 Å². The highest BCUT2D eigenvalue weighted by Gasteiger charge is 2.23. The maximum atomic E-state index is 14.0. The molecule has 1 amide bonds. The monoisotopic (exact) mass is 510 g/mol. The topological polar surface area (TPSA) is 51.2 Å². The van der Waals surface area contributed by atoms with Gasteiger partial charge in [-0.3, -0.25) is 9.78 Å². The lowest BCUT2D eigenvalue weighted by atomic mass is 9.89. The molecular weight excluding hydrogens is 487 g/mol. The van der Waals surface area contributed by atoms with Crippen LogP contribution in [0.1, 0.15) is 17.0 Å². The number of halogens is 2. The van der Waals surface area contributed by atoms with Gasteiger partial charge in [-0.2, -0.15) is 0 Å². The molecule has 4 aromatic carbocycles. The van der Waals surface area contributed by atoms with E-state index in [1.165, 1.54) is 12.1 Å². The largest absolute Gasteiger partial charge is 0.496 e. The number of carbonyl (C=O) groups is 1. The van der Waals surface area contributed by atoms with Crippen molar-refractivity contribution in [3.8, 4) is 16.9 Å². The predicted octanol–water partition coefficient (Wildman–Crippen LogP) is 7.67. The summed E-state index contributed by atoms with van der Waals surface area (Å²) in [6.07, 6.45) is 2.17. The number of rotatable bonds is 7. The van der Waals surface area contributed by atoms with E-state index in [4.69, 9.17) is 16.3 Å². The normalized spacial score (nSPS) is 11.8. The molecule has 4 nitrogen and oxygen atoms in total. The predicted molar refractivity (Wildman–Crippen MR) is 147 cm³/mol. The van der Waals surface area contributed by atoms with Gasteiger partial charge >= 0.3 is 0 Å². The van der Waals surface area contributed by atoms with Crippen molar-refractivity contribution in [2.45, 2.75) is 12.3 Å². The highest BCUT2D eigenvalue weighted by molar-refractivity contribution is 6.30. The third kappa shape index (κ3) is 5.47. The molecule has 0 fully saturated rings. The standard InChI is InChI=1S/C31H24ClFN2O2/c1-37-30-5-3-2-4-22(30)18-27(31(36)35-25-13-10-23(32)11-14-25)21-8-6-20(7-9-21)26-16-17-34-29-15-12-24(33)19-28(26)29/h2-17,19,27H,18H2,1H3,(H,35,36)/t27-/m1/s1. The molecule has 1 heterocycles. The smallest absolute Gasteiger partial charge is 0.232 e. The minimum atomic E-state index is -0.479. The van der Waals surface area contributed by atoms with Crippen molar-refractivity contribution >= 4 is 34.1 Å². The van der Waals surface area contributed by atoms with Gasteiger partial charge in [0.15, 0.2) is 0 Å². The second-order valence-corrected chi connectivity index (χ2v) is 9.14. The van der Waals surface area contributed by atoms with Crippen molar-refractivity contribution in [3.63, 3.8) is 0 Å². The second kappa shape index (κ2) is 10.8. The average molecular weight is 511 g/mol. The lowest BCUT2D eigenvalue weighted by molar-refractivity contribution is -0.117. The first-order chi connectivity index (χ1) is 18.0. The third-order valence-corrected chi connectivity index (χ3v) is 6.62. The molecule has 0 aliphatic heterocycles. The van der Waals surface area contributed by atoms with Crippen molar-refractivity contribution in [1.29, 1.82) is 0 Å². The van der Waals surface area contributed by atoms with Gasteiger partial charge in [-0.05, 0) is 83.3 Å². The van der Waals surface area contributed by atoms with E-state index in [1.54, 1.807) is 43.6 Å². The number of benzene rings is 4. The van der Waals surface area contributed by atoms with Crippen LogP contribution in [0.5, 0.6) is 5.75 Å². The maximum absolute atomic E-state index is 14.0. The molecule has 1 N–H and O–H groups in total. The lowest BCUT2D eigenvalue weighted by Gasteiger charge is -2.19. The summed E-state index contributed by atoms with van der Waals surface area (Å²) in [6.45, 7) is 0. The Morgan fingerprint density at radius 2 is 1.73 bits per heavy atom. The van der Waals surface area contributed by atoms with Crippen LogP contribution in [-0.4, -0.2) is 18.0 Å². The number of anilines is 1. The van der Waals surface area contributed by atoms with Gasteiger partial charge < -0.3 is 10.1 Å². The number of carbonyl (C=O) groups excluding carboxylic acids is 1. The molecule has 0 unspecified atom stereocenters. The number of nitrogens with zero attached hydrogens (tertiary/aromatic N) is 1. The first-order valence-corrected chi connectivity index (χ1v) is 12.2. The molecule has 0 saturated heterocycles. The summed E-state index contributed by atoms with van der Waals surface area (Å²) in [6, 6.07) is 29.0. The molecule has 6 heteroatoms. The summed E-state index contributed by atoms with van der Waals surface area (Å²) in [5.41, 5.74) is 4.96. The SMILES string of the molecule is COc1ccccc1C[C@@H](C(=O)Nc1ccc(Cl)cc1)c1ccc(-c2ccnc3ccc(F)cc23)cc1. The zero-order valence-electron chi connectivity index (χ0n) is 20.1. The lowest BCUT2D eigenvalue weighted by Crippen LogP contribution is -2.23. The van der Waals surface area contributed by atoms with Crippen LogP contribution in [0.3, 0.4) is 0 Å². The van der Waals surface area contributed by atoms with E-state index in [2.05, 4.69) is 10.3 Å². The fourth-order valence-electron chi connectivity index (χ4n) is 4.48. The summed E-state index contributed by atoms with van der Waals surface area (Å²) >= 11 is 6.01. The van der Waals surface area contributed by atoms with Crippen molar-refractivity contribution in [2.24, 2.45) is 0 Å². The van der Waals surface area contributed by atoms with Gasteiger partial charge in [0.2, 0.25) is 5.91 Å². The van der Waals surface area contributed by atoms with Gasteiger partial charge in [0.1, 0.15) is 11.6 Å². The molecule has 0 aliphatic rings. The molecule has 5 aromatic rings. The van der Waals surface area contributed by atoms with Crippen LogP contribution in [0.2, 0.25) is 5.02 Å². The number of methoxy groups -OCH3 is 1. The van der Waals surface area contributed by atoms with E-state index >= 15 is 0 Å². The van der Waals surface area contributed by atoms with E-state index in [0.29, 0.717) is 17.1 Å². The zero-order chi connectivity index (χ0) is 25.8. The van der Waals surface area contributed by atoms with Crippen molar-refractivity contribution < 1.29 is 13.9 Å². The van der Waals surface area contributed by atoms with E-state index in [0.717, 1.165) is 38.9 Å². The fraction of sp³-hybridized carbons (Fsp3) is 0.0968. The number of para-hydroxylation sites is 1. The van der Waals surface area contributed by atoms with Crippen molar-refractivity contribution in [3.05, 3.63) is 125 Å². The highest BCUT2D eigenvalue weighted by atomic mass is 35.5. The number of ether oxygens (including phenoxy) is 1. The van der Waals surface area contributed by atoms with Crippen molar-refractivity contribution in [1.82, 2.24) is 4.98 Å². The molecule has 37 heavy (non-hydrogen) atoms. The van der Waals surface area contributed by atoms with Gasteiger partial charge in [-0.1, -0.05) is 54.1 Å². The zero-order valence-corrected chi connectivity index (χ0v) is 20.9.